The van der Waals surface area contributed by atoms with Crippen LogP contribution in [-0.4, -0.2) is 61.0 Å². The first-order valence-corrected chi connectivity index (χ1v) is 12.0. The summed E-state index contributed by atoms with van der Waals surface area (Å²) in [5.74, 6) is 0.665. The van der Waals surface area contributed by atoms with E-state index in [0.717, 1.165) is 18.8 Å². The second kappa shape index (κ2) is 9.44. The van der Waals surface area contributed by atoms with Gasteiger partial charge in [-0.25, -0.2) is 4.98 Å². The average molecular weight is 523 g/mol. The summed E-state index contributed by atoms with van der Waals surface area (Å²) in [4.78, 5) is 21.5. The van der Waals surface area contributed by atoms with E-state index in [1.807, 2.05) is 7.05 Å². The lowest BCUT2D eigenvalue weighted by atomic mass is 10.1. The van der Waals surface area contributed by atoms with Crippen molar-refractivity contribution in [2.75, 3.05) is 19.6 Å². The van der Waals surface area contributed by atoms with Gasteiger partial charge in [-0.3, -0.25) is 14.4 Å². The van der Waals surface area contributed by atoms with Gasteiger partial charge in [0.25, 0.3) is 5.91 Å². The maximum Gasteiger partial charge on any atom is 0.573 e. The summed E-state index contributed by atoms with van der Waals surface area (Å²) < 4.78 is 45.5. The van der Waals surface area contributed by atoms with Gasteiger partial charge in [0.2, 0.25) is 0 Å². The fourth-order valence-corrected chi connectivity index (χ4v) is 5.42. The van der Waals surface area contributed by atoms with Crippen molar-refractivity contribution in [2.24, 2.45) is 31.8 Å². The van der Waals surface area contributed by atoms with E-state index in [4.69, 9.17) is 11.6 Å². The van der Waals surface area contributed by atoms with E-state index in [1.165, 1.54) is 18.2 Å². The van der Waals surface area contributed by atoms with Gasteiger partial charge in [0.05, 0.1) is 17.0 Å². The van der Waals surface area contributed by atoms with Crippen LogP contribution in [0.1, 0.15) is 21.7 Å². The number of ether oxygens (including phenoxy) is 1. The second-order valence-corrected chi connectivity index (χ2v) is 10.00. The number of hydrogen-bond acceptors (Lipinski definition) is 5. The summed E-state index contributed by atoms with van der Waals surface area (Å²) >= 11 is 6.25. The molecule has 2 aromatic heterocycles. The highest BCUT2D eigenvalue weighted by Gasteiger charge is 2.56. The molecule has 0 bridgehead atoms. The second-order valence-electron chi connectivity index (χ2n) is 9.59. The highest BCUT2D eigenvalue weighted by atomic mass is 35.5. The molecule has 2 aliphatic rings. The van der Waals surface area contributed by atoms with Gasteiger partial charge < -0.3 is 14.2 Å². The Hall–Kier alpha value is -3.05. The summed E-state index contributed by atoms with van der Waals surface area (Å²) in [6.45, 7) is 3.13. The van der Waals surface area contributed by atoms with E-state index in [9.17, 15) is 18.0 Å². The lowest BCUT2D eigenvalue weighted by Crippen LogP contribution is -2.35. The number of rotatable bonds is 8. The maximum atomic E-state index is 13.3. The molecule has 1 saturated heterocycles. The highest BCUT2D eigenvalue weighted by molar-refractivity contribution is 6.31. The average Bonchev–Trinajstić information content (AvgIpc) is 3.16. The molecule has 2 unspecified atom stereocenters. The Morgan fingerprint density at radius 2 is 1.97 bits per heavy atom. The Labute approximate surface area is 211 Å². The lowest BCUT2D eigenvalue weighted by molar-refractivity contribution is -0.274. The zero-order valence-corrected chi connectivity index (χ0v) is 20.6. The van der Waals surface area contributed by atoms with Gasteiger partial charge in [-0.05, 0) is 35.4 Å². The van der Waals surface area contributed by atoms with Gasteiger partial charge >= 0.3 is 6.36 Å². The van der Waals surface area contributed by atoms with Gasteiger partial charge in [0.15, 0.2) is 0 Å². The number of likely N-dealkylation sites (tertiary alicyclic amines) is 1. The summed E-state index contributed by atoms with van der Waals surface area (Å²) in [6.07, 6.45) is 0.200. The molecule has 0 radical (unpaired) electrons. The number of imidazole rings is 1. The van der Waals surface area contributed by atoms with Crippen LogP contribution in [0, 0.1) is 17.8 Å². The third-order valence-corrected chi connectivity index (χ3v) is 7.14. The number of piperidine rings is 1. The Morgan fingerprint density at radius 3 is 2.58 bits per heavy atom. The topological polar surface area (TPSA) is 68.4 Å². The van der Waals surface area contributed by atoms with Crippen LogP contribution in [0.4, 0.5) is 13.2 Å². The molecule has 192 valence electrons. The van der Waals surface area contributed by atoms with Crippen molar-refractivity contribution in [1.29, 1.82) is 0 Å². The molecule has 3 aromatic rings. The van der Waals surface area contributed by atoms with Gasteiger partial charge in [0.1, 0.15) is 11.4 Å². The SMILES string of the molecule is Cn1cnc(C(=O)N(Cc2cccc(OC(F)(F)F)c2)CC2C3CN(Cc4nn(C)cc4Cl)CC32)c1. The molecule has 2 fully saturated rings. The smallest absolute Gasteiger partial charge is 0.406 e. The summed E-state index contributed by atoms with van der Waals surface area (Å²) in [5, 5.41) is 5.07. The largest absolute Gasteiger partial charge is 0.573 e. The highest BCUT2D eigenvalue weighted by Crippen LogP contribution is 2.52. The van der Waals surface area contributed by atoms with Crippen LogP contribution in [-0.2, 0) is 27.2 Å². The number of hydrogen-bond donors (Lipinski definition) is 0. The predicted molar refractivity (Wildman–Crippen MR) is 125 cm³/mol. The fourth-order valence-electron chi connectivity index (χ4n) is 5.18. The van der Waals surface area contributed by atoms with Gasteiger partial charge in [0, 0.05) is 59.2 Å². The monoisotopic (exact) mass is 522 g/mol. The number of alkyl halides is 3. The van der Waals surface area contributed by atoms with Crippen LogP contribution in [0.15, 0.2) is 43.0 Å². The first-order valence-electron chi connectivity index (χ1n) is 11.6. The Bertz CT molecular complexity index is 1250. The molecule has 1 aliphatic carbocycles. The minimum atomic E-state index is -4.78. The maximum absolute atomic E-state index is 13.3. The molecule has 12 heteroatoms. The number of nitrogens with zero attached hydrogens (tertiary/aromatic N) is 6. The number of fused-ring (bicyclic) bond motifs is 1. The van der Waals surface area contributed by atoms with Crippen LogP contribution >= 0.6 is 11.6 Å². The Kier molecular flexibility index (Phi) is 6.46. The molecule has 0 spiro atoms. The van der Waals surface area contributed by atoms with Gasteiger partial charge in [-0.15, -0.1) is 13.2 Å². The quantitative estimate of drug-likeness (QED) is 0.451. The van der Waals surface area contributed by atoms with Crippen molar-refractivity contribution in [3.05, 3.63) is 65.0 Å². The zero-order chi connectivity index (χ0) is 25.6. The molecule has 5 rings (SSSR count). The van der Waals surface area contributed by atoms with Crippen LogP contribution in [0.25, 0.3) is 0 Å². The number of carbonyl (C=O) groups excluding carboxylic acids is 1. The number of carbonyl (C=O) groups is 1. The summed E-state index contributed by atoms with van der Waals surface area (Å²) in [5.41, 5.74) is 1.71. The minimum absolute atomic E-state index is 0.160. The van der Waals surface area contributed by atoms with E-state index in [1.54, 1.807) is 46.0 Å². The van der Waals surface area contributed by atoms with Crippen molar-refractivity contribution in [3.8, 4) is 5.75 Å². The summed E-state index contributed by atoms with van der Waals surface area (Å²) in [6, 6.07) is 5.74. The number of aromatic nitrogens is 4. The molecule has 0 N–H and O–H groups in total. The zero-order valence-electron chi connectivity index (χ0n) is 19.8. The molecule has 2 atom stereocenters. The van der Waals surface area contributed by atoms with Gasteiger partial charge in [-0.1, -0.05) is 23.7 Å². The van der Waals surface area contributed by atoms with E-state index < -0.39 is 6.36 Å². The van der Waals surface area contributed by atoms with E-state index in [2.05, 4.69) is 19.7 Å². The molecule has 1 amide bonds. The minimum Gasteiger partial charge on any atom is -0.406 e. The number of amides is 1. The number of benzene rings is 1. The van der Waals surface area contributed by atoms with Crippen LogP contribution in [0.3, 0.4) is 0 Å². The molecule has 1 saturated carbocycles. The van der Waals surface area contributed by atoms with Crippen molar-refractivity contribution in [3.63, 3.8) is 0 Å². The molecular formula is C24H26ClF3N6O2. The molecule has 3 heterocycles. The molecule has 1 aliphatic heterocycles. The first-order chi connectivity index (χ1) is 17.1. The van der Waals surface area contributed by atoms with Crippen molar-refractivity contribution in [1.82, 2.24) is 29.1 Å². The third-order valence-electron chi connectivity index (χ3n) is 6.82. The van der Waals surface area contributed by atoms with E-state index >= 15 is 0 Å². The van der Waals surface area contributed by atoms with Crippen molar-refractivity contribution < 1.29 is 22.7 Å². The van der Waals surface area contributed by atoms with Gasteiger partial charge in [-0.2, -0.15) is 5.10 Å². The van der Waals surface area contributed by atoms with Crippen molar-refractivity contribution in [2.45, 2.75) is 19.5 Å². The van der Waals surface area contributed by atoms with Crippen LogP contribution in [0.2, 0.25) is 5.02 Å². The number of halogens is 4. The third kappa shape index (κ3) is 5.52. The molecular weight excluding hydrogens is 497 g/mol. The molecule has 36 heavy (non-hydrogen) atoms. The predicted octanol–water partition coefficient (Wildman–Crippen LogP) is 3.73. The normalized spacial score (nSPS) is 21.4. The fraction of sp³-hybridized carbons (Fsp3) is 0.458. The molecule has 1 aromatic carbocycles. The number of aryl methyl sites for hydroxylation is 2. The van der Waals surface area contributed by atoms with Crippen molar-refractivity contribution >= 4 is 17.5 Å². The standard InChI is InChI=1S/C24H26ClF3N6O2/c1-31-12-22(29-14-31)23(35)34(7-15-4-3-5-16(6-15)36-24(26,27)28)10-19-17-8-33(9-18(17)19)13-21-20(25)11-32(2)30-21/h3-6,11-12,14,17-19H,7-10,13H2,1-2H3. The van der Waals surface area contributed by atoms with E-state index in [0.29, 0.717) is 47.1 Å². The molecule has 8 nitrogen and oxygen atoms in total. The Morgan fingerprint density at radius 1 is 1.22 bits per heavy atom. The lowest BCUT2D eigenvalue weighted by Gasteiger charge is -2.25. The van der Waals surface area contributed by atoms with E-state index in [-0.39, 0.29) is 18.2 Å². The summed E-state index contributed by atoms with van der Waals surface area (Å²) in [7, 11) is 3.62. The first kappa shape index (κ1) is 24.6. The Balaban J connectivity index is 1.26. The van der Waals surface area contributed by atoms with Crippen LogP contribution < -0.4 is 4.74 Å². The van der Waals surface area contributed by atoms with Crippen LogP contribution in [0.5, 0.6) is 5.75 Å².